The number of sulfonamides is 1. The van der Waals surface area contributed by atoms with Crippen molar-refractivity contribution >= 4 is 10.0 Å². The first-order chi connectivity index (χ1) is 8.49. The van der Waals surface area contributed by atoms with Gasteiger partial charge >= 0.3 is 0 Å². The second-order valence-corrected chi connectivity index (χ2v) is 6.84. The summed E-state index contributed by atoms with van der Waals surface area (Å²) in [6, 6.07) is 1.90. The molecule has 0 bridgehead atoms. The van der Waals surface area contributed by atoms with Gasteiger partial charge in [-0.1, -0.05) is 0 Å². The summed E-state index contributed by atoms with van der Waals surface area (Å²) < 4.78 is 26.5. The highest BCUT2D eigenvalue weighted by molar-refractivity contribution is 7.88. The molecular formula is C11H20N4O2S. The van der Waals surface area contributed by atoms with Gasteiger partial charge in [-0.3, -0.25) is 4.68 Å². The minimum Gasteiger partial charge on any atom is -0.325 e. The van der Waals surface area contributed by atoms with Gasteiger partial charge in [0.05, 0.1) is 11.9 Å². The predicted molar refractivity (Wildman–Crippen MR) is 69.3 cm³/mol. The van der Waals surface area contributed by atoms with Gasteiger partial charge in [0, 0.05) is 32.4 Å². The van der Waals surface area contributed by atoms with Crippen LogP contribution < -0.4 is 5.73 Å². The van der Waals surface area contributed by atoms with Gasteiger partial charge in [0.2, 0.25) is 10.0 Å². The van der Waals surface area contributed by atoms with Crippen molar-refractivity contribution in [1.82, 2.24) is 14.1 Å². The van der Waals surface area contributed by atoms with Crippen molar-refractivity contribution in [2.24, 2.45) is 11.7 Å². The Morgan fingerprint density at radius 1 is 1.56 bits per heavy atom. The third-order valence-corrected chi connectivity index (χ3v) is 4.57. The van der Waals surface area contributed by atoms with E-state index in [1.165, 1.54) is 6.26 Å². The zero-order valence-corrected chi connectivity index (χ0v) is 11.4. The first-order valence-electron chi connectivity index (χ1n) is 6.16. The summed E-state index contributed by atoms with van der Waals surface area (Å²) in [5.74, 6) is 0.332. The molecule has 2 heterocycles. The first-order valence-corrected chi connectivity index (χ1v) is 8.01. The lowest BCUT2D eigenvalue weighted by molar-refractivity contribution is 0.240. The highest BCUT2D eigenvalue weighted by atomic mass is 32.2. The van der Waals surface area contributed by atoms with Crippen molar-refractivity contribution in [3.05, 3.63) is 18.0 Å². The van der Waals surface area contributed by atoms with Crippen LogP contribution in [-0.4, -0.2) is 41.8 Å². The SMILES string of the molecule is CS(=O)(=O)N1CCCC(Cn2ccc(CN)n2)C1. The van der Waals surface area contributed by atoms with E-state index in [-0.39, 0.29) is 0 Å². The molecule has 0 aromatic carbocycles. The summed E-state index contributed by atoms with van der Waals surface area (Å²) in [4.78, 5) is 0. The molecule has 1 aliphatic heterocycles. The monoisotopic (exact) mass is 272 g/mol. The number of aromatic nitrogens is 2. The quantitative estimate of drug-likeness (QED) is 0.837. The van der Waals surface area contributed by atoms with Crippen molar-refractivity contribution < 1.29 is 8.42 Å². The number of hydrogen-bond acceptors (Lipinski definition) is 4. The number of rotatable bonds is 4. The summed E-state index contributed by atoms with van der Waals surface area (Å²) in [5, 5.41) is 4.33. The summed E-state index contributed by atoms with van der Waals surface area (Å²) >= 11 is 0. The van der Waals surface area contributed by atoms with Gasteiger partial charge < -0.3 is 5.73 Å². The third-order valence-electron chi connectivity index (χ3n) is 3.30. The fourth-order valence-electron chi connectivity index (χ4n) is 2.36. The van der Waals surface area contributed by atoms with Crippen molar-refractivity contribution in [3.8, 4) is 0 Å². The molecule has 1 aromatic heterocycles. The maximum Gasteiger partial charge on any atom is 0.211 e. The first kappa shape index (κ1) is 13.5. The molecule has 102 valence electrons. The summed E-state index contributed by atoms with van der Waals surface area (Å²) in [6.45, 7) is 2.43. The van der Waals surface area contributed by atoms with Crippen LogP contribution in [-0.2, 0) is 23.1 Å². The van der Waals surface area contributed by atoms with Crippen molar-refractivity contribution in [2.75, 3.05) is 19.3 Å². The fraction of sp³-hybridized carbons (Fsp3) is 0.727. The van der Waals surface area contributed by atoms with E-state index in [1.807, 2.05) is 16.9 Å². The van der Waals surface area contributed by atoms with E-state index in [2.05, 4.69) is 5.10 Å². The van der Waals surface area contributed by atoms with E-state index in [4.69, 9.17) is 5.73 Å². The van der Waals surface area contributed by atoms with Crippen LogP contribution in [0.25, 0.3) is 0 Å². The second-order valence-electron chi connectivity index (χ2n) is 4.86. The van der Waals surface area contributed by atoms with Gasteiger partial charge in [-0.15, -0.1) is 0 Å². The second kappa shape index (κ2) is 5.38. The van der Waals surface area contributed by atoms with E-state index < -0.39 is 10.0 Å². The molecule has 2 rings (SSSR count). The molecule has 2 N–H and O–H groups in total. The van der Waals surface area contributed by atoms with Crippen LogP contribution in [0.1, 0.15) is 18.5 Å². The average Bonchev–Trinajstić information content (AvgIpc) is 2.76. The Morgan fingerprint density at radius 3 is 2.94 bits per heavy atom. The van der Waals surface area contributed by atoms with E-state index >= 15 is 0 Å². The molecular weight excluding hydrogens is 252 g/mol. The van der Waals surface area contributed by atoms with Crippen LogP contribution in [0.4, 0.5) is 0 Å². The van der Waals surface area contributed by atoms with Crippen LogP contribution in [0, 0.1) is 5.92 Å². The van der Waals surface area contributed by atoms with Crippen LogP contribution in [0.2, 0.25) is 0 Å². The molecule has 1 aliphatic rings. The molecule has 0 saturated carbocycles. The Balaban J connectivity index is 1.97. The lowest BCUT2D eigenvalue weighted by atomic mass is 10.00. The molecule has 7 heteroatoms. The van der Waals surface area contributed by atoms with E-state index in [1.54, 1.807) is 4.31 Å². The van der Waals surface area contributed by atoms with E-state index in [0.717, 1.165) is 25.1 Å². The number of hydrogen-bond donors (Lipinski definition) is 1. The van der Waals surface area contributed by atoms with Crippen LogP contribution >= 0.6 is 0 Å². The molecule has 0 spiro atoms. The van der Waals surface area contributed by atoms with E-state index in [9.17, 15) is 8.42 Å². The molecule has 6 nitrogen and oxygen atoms in total. The van der Waals surface area contributed by atoms with Gasteiger partial charge in [0.15, 0.2) is 0 Å². The summed E-state index contributed by atoms with van der Waals surface area (Å²) in [7, 11) is -3.07. The Morgan fingerprint density at radius 2 is 2.33 bits per heavy atom. The van der Waals surface area contributed by atoms with E-state index in [0.29, 0.717) is 25.6 Å². The standard InChI is InChI=1S/C11H20N4O2S/c1-18(16,17)15-5-2-3-10(9-15)8-14-6-4-11(7-12)13-14/h4,6,10H,2-3,5,7-9,12H2,1H3. The van der Waals surface area contributed by atoms with Crippen molar-refractivity contribution in [2.45, 2.75) is 25.9 Å². The van der Waals surface area contributed by atoms with Crippen LogP contribution in [0.3, 0.4) is 0 Å². The zero-order valence-electron chi connectivity index (χ0n) is 10.6. The average molecular weight is 272 g/mol. The predicted octanol–water partition coefficient (Wildman–Crippen LogP) is 0.0134. The number of nitrogens with two attached hydrogens (primary N) is 1. The normalized spacial score (nSPS) is 22.2. The minimum absolute atomic E-state index is 0.332. The molecule has 1 aromatic rings. The molecule has 1 unspecified atom stereocenters. The number of piperidine rings is 1. The zero-order chi connectivity index (χ0) is 13.2. The van der Waals surface area contributed by atoms with Gasteiger partial charge in [0.25, 0.3) is 0 Å². The summed E-state index contributed by atoms with van der Waals surface area (Å²) in [6.07, 6.45) is 5.14. The van der Waals surface area contributed by atoms with Gasteiger partial charge in [-0.25, -0.2) is 12.7 Å². The Hall–Kier alpha value is -0.920. The highest BCUT2D eigenvalue weighted by Crippen LogP contribution is 2.20. The van der Waals surface area contributed by atoms with Crippen LogP contribution in [0.5, 0.6) is 0 Å². The molecule has 0 amide bonds. The highest BCUT2D eigenvalue weighted by Gasteiger charge is 2.26. The molecule has 0 radical (unpaired) electrons. The van der Waals surface area contributed by atoms with Crippen molar-refractivity contribution in [1.29, 1.82) is 0 Å². The number of nitrogens with zero attached hydrogens (tertiary/aromatic N) is 3. The molecule has 1 saturated heterocycles. The van der Waals surface area contributed by atoms with Crippen LogP contribution in [0.15, 0.2) is 12.3 Å². The molecule has 1 atom stereocenters. The largest absolute Gasteiger partial charge is 0.325 e. The lowest BCUT2D eigenvalue weighted by Crippen LogP contribution is -2.40. The van der Waals surface area contributed by atoms with Gasteiger partial charge in [-0.2, -0.15) is 5.10 Å². The van der Waals surface area contributed by atoms with Gasteiger partial charge in [-0.05, 0) is 24.8 Å². The molecule has 18 heavy (non-hydrogen) atoms. The topological polar surface area (TPSA) is 81.2 Å². The van der Waals surface area contributed by atoms with Gasteiger partial charge in [0.1, 0.15) is 0 Å². The summed E-state index contributed by atoms with van der Waals surface area (Å²) in [5.41, 5.74) is 6.38. The maximum absolute atomic E-state index is 11.5. The Kier molecular flexibility index (Phi) is 4.04. The third kappa shape index (κ3) is 3.30. The Labute approximate surface area is 108 Å². The minimum atomic E-state index is -3.07. The fourth-order valence-corrected chi connectivity index (χ4v) is 3.30. The smallest absolute Gasteiger partial charge is 0.211 e. The Bertz CT molecular complexity index is 497. The lowest BCUT2D eigenvalue weighted by Gasteiger charge is -2.30. The molecule has 1 fully saturated rings. The molecule has 0 aliphatic carbocycles. The maximum atomic E-state index is 11.5. The van der Waals surface area contributed by atoms with Crippen molar-refractivity contribution in [3.63, 3.8) is 0 Å².